The molecule has 0 aromatic heterocycles. The molecule has 3 aliphatic rings. The largest absolute Gasteiger partial charge is 0.480 e. The topological polar surface area (TPSA) is 99.2 Å². The first-order valence-corrected chi connectivity index (χ1v) is 12.4. The van der Waals surface area contributed by atoms with Gasteiger partial charge < -0.3 is 20.1 Å². The molecule has 0 saturated carbocycles. The molecule has 2 saturated heterocycles. The number of hydrogen-bond donors (Lipinski definition) is 2. The van der Waals surface area contributed by atoms with E-state index >= 15 is 0 Å². The van der Waals surface area contributed by atoms with Gasteiger partial charge in [0.05, 0.1) is 6.54 Å². The van der Waals surface area contributed by atoms with Gasteiger partial charge in [0.2, 0.25) is 5.91 Å². The van der Waals surface area contributed by atoms with Crippen LogP contribution in [-0.4, -0.2) is 77.7 Å². The third-order valence-corrected chi connectivity index (χ3v) is 7.47. The van der Waals surface area contributed by atoms with Crippen LogP contribution in [0.2, 0.25) is 0 Å². The lowest BCUT2D eigenvalue weighted by atomic mass is 9.98. The highest BCUT2D eigenvalue weighted by molar-refractivity contribution is 5.85. The van der Waals surface area contributed by atoms with E-state index in [0.717, 1.165) is 19.3 Å². The van der Waals surface area contributed by atoms with Gasteiger partial charge in [0.15, 0.2) is 0 Å². The Bertz CT molecular complexity index is 1070. The van der Waals surface area contributed by atoms with Gasteiger partial charge in [-0.1, -0.05) is 48.5 Å². The zero-order valence-electron chi connectivity index (χ0n) is 19.7. The number of nitrogens with one attached hydrogen (secondary N) is 1. The Morgan fingerprint density at radius 2 is 1.54 bits per heavy atom. The molecule has 1 atom stereocenters. The number of carbonyl (C=O) groups is 3. The van der Waals surface area contributed by atoms with Gasteiger partial charge in [0.25, 0.3) is 0 Å². The van der Waals surface area contributed by atoms with Crippen LogP contribution in [0.15, 0.2) is 48.5 Å². The molecule has 2 heterocycles. The van der Waals surface area contributed by atoms with Crippen molar-refractivity contribution in [3.05, 3.63) is 59.7 Å². The van der Waals surface area contributed by atoms with Crippen molar-refractivity contribution in [3.8, 4) is 11.1 Å². The Morgan fingerprint density at radius 1 is 0.914 bits per heavy atom. The highest BCUT2D eigenvalue weighted by atomic mass is 16.5. The monoisotopic (exact) mass is 477 g/mol. The molecule has 2 aliphatic heterocycles. The number of carboxylic acid groups (broad SMARTS) is 1. The highest BCUT2D eigenvalue weighted by Gasteiger charge is 2.35. The lowest BCUT2D eigenvalue weighted by Crippen LogP contribution is -2.49. The maximum atomic E-state index is 12.6. The van der Waals surface area contributed by atoms with Crippen LogP contribution in [-0.2, 0) is 14.3 Å². The average Bonchev–Trinajstić information content (AvgIpc) is 3.48. The second-order valence-corrected chi connectivity index (χ2v) is 9.60. The second-order valence-electron chi connectivity index (χ2n) is 9.60. The molecule has 184 valence electrons. The minimum Gasteiger partial charge on any atom is -0.480 e. The van der Waals surface area contributed by atoms with E-state index in [0.29, 0.717) is 26.1 Å². The summed E-state index contributed by atoms with van der Waals surface area (Å²) in [6.07, 6.45) is 2.28. The predicted molar refractivity (Wildman–Crippen MR) is 130 cm³/mol. The number of likely N-dealkylation sites (tertiary alicyclic amines) is 2. The quantitative estimate of drug-likeness (QED) is 0.664. The van der Waals surface area contributed by atoms with Gasteiger partial charge in [-0.15, -0.1) is 0 Å². The molecule has 8 nitrogen and oxygen atoms in total. The fraction of sp³-hybridized carbons (Fsp3) is 0.444. The van der Waals surface area contributed by atoms with E-state index in [-0.39, 0.29) is 31.0 Å². The SMILES string of the molecule is O=C(NC1CCN(CC(=O)N2CCCC2C(=O)O)CC1)OCC1c2ccccc2-c2ccccc21. The van der Waals surface area contributed by atoms with Crippen LogP contribution < -0.4 is 5.32 Å². The van der Waals surface area contributed by atoms with Crippen molar-refractivity contribution >= 4 is 18.0 Å². The summed E-state index contributed by atoms with van der Waals surface area (Å²) in [4.78, 5) is 40.0. The van der Waals surface area contributed by atoms with Crippen LogP contribution in [0.25, 0.3) is 11.1 Å². The van der Waals surface area contributed by atoms with Crippen LogP contribution in [0.4, 0.5) is 4.79 Å². The van der Waals surface area contributed by atoms with Crippen molar-refractivity contribution in [2.45, 2.75) is 43.7 Å². The highest BCUT2D eigenvalue weighted by Crippen LogP contribution is 2.44. The van der Waals surface area contributed by atoms with Crippen molar-refractivity contribution in [1.82, 2.24) is 15.1 Å². The summed E-state index contributed by atoms with van der Waals surface area (Å²) in [6.45, 7) is 2.36. The molecule has 35 heavy (non-hydrogen) atoms. The Labute approximate surface area is 204 Å². The molecular formula is C27H31N3O5. The van der Waals surface area contributed by atoms with Crippen LogP contribution in [0.3, 0.4) is 0 Å². The fourth-order valence-electron chi connectivity index (χ4n) is 5.65. The van der Waals surface area contributed by atoms with E-state index in [2.05, 4.69) is 29.6 Å². The van der Waals surface area contributed by atoms with Crippen molar-refractivity contribution in [2.75, 3.05) is 32.8 Å². The van der Waals surface area contributed by atoms with Gasteiger partial charge in [-0.05, 0) is 47.9 Å². The standard InChI is InChI=1S/C27H31N3O5/c31-25(30-13-5-10-24(30)26(32)33)16-29-14-11-18(12-15-29)28-27(34)35-17-23-21-8-3-1-6-19(21)20-7-2-4-9-22(20)23/h1-4,6-9,18,23-24H,5,10-17H2,(H,28,34)(H,32,33). The maximum Gasteiger partial charge on any atom is 0.407 e. The van der Waals surface area contributed by atoms with Crippen molar-refractivity contribution in [1.29, 1.82) is 0 Å². The summed E-state index contributed by atoms with van der Waals surface area (Å²) in [7, 11) is 0. The van der Waals surface area contributed by atoms with Crippen molar-refractivity contribution in [3.63, 3.8) is 0 Å². The molecule has 8 heteroatoms. The molecule has 2 N–H and O–H groups in total. The number of piperidine rings is 1. The number of carboxylic acids is 1. The van der Waals surface area contributed by atoms with E-state index in [1.807, 2.05) is 29.2 Å². The normalized spacial score (nSPS) is 20.3. The molecule has 0 bridgehead atoms. The number of amides is 2. The Balaban J connectivity index is 1.09. The number of aliphatic carboxylic acids is 1. The van der Waals surface area contributed by atoms with Gasteiger partial charge >= 0.3 is 12.1 Å². The van der Waals surface area contributed by atoms with Crippen molar-refractivity contribution < 1.29 is 24.2 Å². The lowest BCUT2D eigenvalue weighted by molar-refractivity contribution is -0.148. The fourth-order valence-corrected chi connectivity index (χ4v) is 5.65. The summed E-state index contributed by atoms with van der Waals surface area (Å²) in [5, 5.41) is 12.3. The van der Waals surface area contributed by atoms with Crippen LogP contribution in [0.5, 0.6) is 0 Å². The summed E-state index contributed by atoms with van der Waals surface area (Å²) in [5.74, 6) is -1.03. The lowest BCUT2D eigenvalue weighted by Gasteiger charge is -2.33. The van der Waals surface area contributed by atoms with Crippen LogP contribution >= 0.6 is 0 Å². The van der Waals surface area contributed by atoms with Crippen LogP contribution in [0.1, 0.15) is 42.7 Å². The molecule has 2 fully saturated rings. The van der Waals surface area contributed by atoms with Gasteiger partial charge in [0, 0.05) is 31.6 Å². The minimum absolute atomic E-state index is 0.00411. The van der Waals surface area contributed by atoms with Gasteiger partial charge in [-0.25, -0.2) is 9.59 Å². The Morgan fingerprint density at radius 3 is 2.17 bits per heavy atom. The first kappa shape index (κ1) is 23.4. The van der Waals surface area contributed by atoms with E-state index in [4.69, 9.17) is 4.74 Å². The van der Waals surface area contributed by atoms with Gasteiger partial charge in [-0.2, -0.15) is 0 Å². The van der Waals surface area contributed by atoms with E-state index in [9.17, 15) is 19.5 Å². The number of ether oxygens (including phenoxy) is 1. The third-order valence-electron chi connectivity index (χ3n) is 7.47. The number of carbonyl (C=O) groups excluding carboxylic acids is 2. The molecule has 2 amide bonds. The molecule has 5 rings (SSSR count). The summed E-state index contributed by atoms with van der Waals surface area (Å²) >= 11 is 0. The molecule has 0 spiro atoms. The predicted octanol–water partition coefficient (Wildman–Crippen LogP) is 3.07. The van der Waals surface area contributed by atoms with E-state index in [1.54, 1.807) is 0 Å². The molecular weight excluding hydrogens is 446 g/mol. The Hall–Kier alpha value is -3.39. The summed E-state index contributed by atoms with van der Waals surface area (Å²) in [5.41, 5.74) is 4.76. The Kier molecular flexibility index (Phi) is 6.72. The van der Waals surface area contributed by atoms with Crippen LogP contribution in [0, 0.1) is 0 Å². The minimum atomic E-state index is -0.929. The number of rotatable bonds is 6. The second kappa shape index (κ2) is 10.1. The first-order chi connectivity index (χ1) is 17.0. The first-order valence-electron chi connectivity index (χ1n) is 12.4. The summed E-state index contributed by atoms with van der Waals surface area (Å²) in [6, 6.07) is 15.8. The molecule has 2 aromatic carbocycles. The smallest absolute Gasteiger partial charge is 0.407 e. The zero-order valence-corrected chi connectivity index (χ0v) is 19.7. The zero-order chi connectivity index (χ0) is 24.4. The van der Waals surface area contributed by atoms with Gasteiger partial charge in [0.1, 0.15) is 12.6 Å². The average molecular weight is 478 g/mol. The molecule has 1 unspecified atom stereocenters. The maximum absolute atomic E-state index is 12.6. The van der Waals surface area contributed by atoms with E-state index in [1.165, 1.54) is 27.2 Å². The number of alkyl carbamates (subject to hydrolysis) is 1. The number of hydrogen-bond acceptors (Lipinski definition) is 5. The van der Waals surface area contributed by atoms with E-state index < -0.39 is 18.1 Å². The van der Waals surface area contributed by atoms with Crippen molar-refractivity contribution in [2.24, 2.45) is 0 Å². The molecule has 1 aliphatic carbocycles. The molecule has 2 aromatic rings. The number of benzene rings is 2. The molecule has 0 radical (unpaired) electrons. The summed E-state index contributed by atoms with van der Waals surface area (Å²) < 4.78 is 5.66. The number of fused-ring (bicyclic) bond motifs is 3. The van der Waals surface area contributed by atoms with Gasteiger partial charge in [-0.3, -0.25) is 9.69 Å². The number of nitrogens with zero attached hydrogens (tertiary/aromatic N) is 2. The third kappa shape index (κ3) is 4.89.